The van der Waals surface area contributed by atoms with E-state index in [0.29, 0.717) is 0 Å². The van der Waals surface area contributed by atoms with Crippen molar-refractivity contribution in [2.45, 2.75) is 38.3 Å². The maximum atomic E-state index is 12.9. The molecule has 1 aromatic heterocycles. The molecule has 0 aliphatic carbocycles. The first-order valence-electron chi connectivity index (χ1n) is 8.57. The second-order valence-corrected chi connectivity index (χ2v) is 6.30. The Labute approximate surface area is 156 Å². The highest BCUT2D eigenvalue weighted by Gasteiger charge is 2.45. The monoisotopic (exact) mass is 371 g/mol. The third kappa shape index (κ3) is 4.17. The van der Waals surface area contributed by atoms with Gasteiger partial charge in [0.25, 0.3) is 5.91 Å². The van der Waals surface area contributed by atoms with Crippen LogP contribution in [0.1, 0.15) is 29.4 Å². The summed E-state index contributed by atoms with van der Waals surface area (Å²) < 4.78 is 11.0. The van der Waals surface area contributed by atoms with E-state index in [1.54, 1.807) is 18.3 Å². The summed E-state index contributed by atoms with van der Waals surface area (Å²) in [6, 6.07) is 10.9. The molecule has 8 nitrogen and oxygen atoms in total. The number of amides is 2. The first kappa shape index (κ1) is 18.7. The third-order valence-corrected chi connectivity index (χ3v) is 4.44. The molecule has 1 saturated heterocycles. The molecule has 1 aliphatic rings. The van der Waals surface area contributed by atoms with Crippen LogP contribution in [0.4, 0.5) is 0 Å². The van der Waals surface area contributed by atoms with E-state index in [4.69, 9.17) is 15.2 Å². The number of rotatable bonds is 7. The van der Waals surface area contributed by atoms with Crippen molar-refractivity contribution in [3.05, 3.63) is 59.9 Å². The van der Waals surface area contributed by atoms with Gasteiger partial charge in [0.15, 0.2) is 0 Å². The number of hydrogen-bond acceptors (Lipinski definition) is 5. The quantitative estimate of drug-likeness (QED) is 0.710. The largest absolute Gasteiger partial charge is 0.433 e. The Morgan fingerprint density at radius 2 is 2.04 bits per heavy atom. The van der Waals surface area contributed by atoms with Gasteiger partial charge in [-0.2, -0.15) is 0 Å². The van der Waals surface area contributed by atoms with Crippen molar-refractivity contribution >= 4 is 17.8 Å². The van der Waals surface area contributed by atoms with Crippen LogP contribution in [0, 0.1) is 0 Å². The van der Waals surface area contributed by atoms with Crippen LogP contribution in [0.15, 0.2) is 48.7 Å². The van der Waals surface area contributed by atoms with E-state index in [1.165, 1.54) is 11.8 Å². The molecule has 0 spiro atoms. The van der Waals surface area contributed by atoms with Gasteiger partial charge in [-0.15, -0.1) is 0 Å². The molecule has 1 aliphatic heterocycles. The van der Waals surface area contributed by atoms with Crippen LogP contribution < -0.4 is 5.73 Å². The average molecular weight is 371 g/mol. The molecule has 3 N–H and O–H groups in total. The molecule has 0 radical (unpaired) electrons. The molecule has 0 saturated carbocycles. The molecule has 2 unspecified atom stereocenters. The number of carbonyl (C=O) groups is 3. The Hall–Kier alpha value is -3.13. The van der Waals surface area contributed by atoms with Crippen molar-refractivity contribution in [1.29, 1.82) is 0 Å². The van der Waals surface area contributed by atoms with Crippen molar-refractivity contribution < 1.29 is 23.9 Å². The Balaban J connectivity index is 1.83. The summed E-state index contributed by atoms with van der Waals surface area (Å²) in [5.74, 6) is -1.64. The number of nitrogens with zero attached hydrogens (tertiary/aromatic N) is 1. The van der Waals surface area contributed by atoms with Gasteiger partial charge in [-0.3, -0.25) is 14.4 Å². The smallest absolute Gasteiger partial charge is 0.310 e. The lowest BCUT2D eigenvalue weighted by Gasteiger charge is -2.34. The Morgan fingerprint density at radius 3 is 2.67 bits per heavy atom. The zero-order valence-electron chi connectivity index (χ0n) is 14.8. The summed E-state index contributed by atoms with van der Waals surface area (Å²) in [6.45, 7) is 1.71. The lowest BCUT2D eigenvalue weighted by atomic mass is 10.1. The summed E-state index contributed by atoms with van der Waals surface area (Å²) in [7, 11) is 0. The Morgan fingerprint density at radius 1 is 1.30 bits per heavy atom. The number of cyclic esters (lactones) is 1. The molecule has 142 valence electrons. The summed E-state index contributed by atoms with van der Waals surface area (Å²) in [5, 5.41) is 0. The van der Waals surface area contributed by atoms with Crippen LogP contribution in [0.25, 0.3) is 0 Å². The number of benzene rings is 1. The Kier molecular flexibility index (Phi) is 5.56. The fourth-order valence-electron chi connectivity index (χ4n) is 3.00. The molecule has 3 rings (SSSR count). The molecule has 2 heterocycles. The van der Waals surface area contributed by atoms with Crippen LogP contribution in [0.5, 0.6) is 0 Å². The van der Waals surface area contributed by atoms with Gasteiger partial charge in [-0.25, -0.2) is 0 Å². The van der Waals surface area contributed by atoms with Gasteiger partial charge in [-0.05, 0) is 24.6 Å². The van der Waals surface area contributed by atoms with Gasteiger partial charge in [0.1, 0.15) is 17.8 Å². The number of nitrogens with two attached hydrogens (primary N) is 1. The predicted octanol–water partition coefficient (Wildman–Crippen LogP) is 1.19. The van der Waals surface area contributed by atoms with E-state index in [9.17, 15) is 14.4 Å². The van der Waals surface area contributed by atoms with E-state index in [-0.39, 0.29) is 18.7 Å². The number of hydrogen-bond donors (Lipinski definition) is 2. The van der Waals surface area contributed by atoms with Gasteiger partial charge in [0.05, 0.1) is 13.0 Å². The van der Waals surface area contributed by atoms with Gasteiger partial charge in [0.2, 0.25) is 12.2 Å². The lowest BCUT2D eigenvalue weighted by molar-refractivity contribution is -0.171. The average Bonchev–Trinajstić information content (AvgIpc) is 3.31. The molecule has 3 atom stereocenters. The highest BCUT2D eigenvalue weighted by Crippen LogP contribution is 2.26. The van der Waals surface area contributed by atoms with E-state index >= 15 is 0 Å². The number of primary amides is 1. The summed E-state index contributed by atoms with van der Waals surface area (Å²) >= 11 is 0. The minimum Gasteiger partial charge on any atom is -0.433 e. The molecular formula is C19H21N3O5. The van der Waals surface area contributed by atoms with E-state index in [0.717, 1.165) is 5.56 Å². The number of nitrogens with one attached hydrogen (secondary N) is 1. The summed E-state index contributed by atoms with van der Waals surface area (Å²) in [4.78, 5) is 40.7. The van der Waals surface area contributed by atoms with Gasteiger partial charge in [-0.1, -0.05) is 30.3 Å². The van der Waals surface area contributed by atoms with Gasteiger partial charge < -0.3 is 25.1 Å². The first-order valence-corrected chi connectivity index (χ1v) is 8.57. The number of aromatic nitrogens is 1. The van der Waals surface area contributed by atoms with Crippen molar-refractivity contribution in [2.75, 3.05) is 0 Å². The maximum Gasteiger partial charge on any atom is 0.310 e. The maximum absolute atomic E-state index is 12.9. The van der Waals surface area contributed by atoms with Gasteiger partial charge in [0, 0.05) is 6.20 Å². The van der Waals surface area contributed by atoms with Crippen molar-refractivity contribution in [2.24, 2.45) is 5.73 Å². The topological polar surface area (TPSA) is 115 Å². The molecular weight excluding hydrogens is 350 g/mol. The highest BCUT2D eigenvalue weighted by molar-refractivity contribution is 5.96. The standard InChI is InChI=1S/C19H21N3O5/c1-12(17(20)24)22(18(25)14-8-5-9-21-14)15-10-16(23)27-19(15)26-11-13-6-3-2-4-7-13/h2-9,12,15,19,21H,10-11H2,1H3,(H2,20,24)/t12-,15?,19?/m0/s1. The number of aromatic amines is 1. The van der Waals surface area contributed by atoms with Crippen LogP contribution in [-0.4, -0.2) is 46.0 Å². The van der Waals surface area contributed by atoms with Crippen LogP contribution >= 0.6 is 0 Å². The molecule has 2 aromatic rings. The molecule has 1 fully saturated rings. The second kappa shape index (κ2) is 8.05. The predicted molar refractivity (Wildman–Crippen MR) is 95.1 cm³/mol. The number of carbonyl (C=O) groups excluding carboxylic acids is 3. The summed E-state index contributed by atoms with van der Waals surface area (Å²) in [6.07, 6.45) is 0.530. The Bertz CT molecular complexity index is 806. The van der Waals surface area contributed by atoms with Crippen molar-refractivity contribution in [1.82, 2.24) is 9.88 Å². The molecule has 1 aromatic carbocycles. The summed E-state index contributed by atoms with van der Waals surface area (Å²) in [5.41, 5.74) is 6.61. The molecule has 8 heteroatoms. The lowest BCUT2D eigenvalue weighted by Crippen LogP contribution is -2.54. The van der Waals surface area contributed by atoms with E-state index < -0.39 is 36.2 Å². The second-order valence-electron chi connectivity index (χ2n) is 6.30. The zero-order chi connectivity index (χ0) is 19.4. The zero-order valence-corrected chi connectivity index (χ0v) is 14.8. The third-order valence-electron chi connectivity index (χ3n) is 4.44. The number of esters is 1. The normalized spacial score (nSPS) is 20.1. The minimum absolute atomic E-state index is 0.0798. The number of ether oxygens (including phenoxy) is 2. The van der Waals surface area contributed by atoms with Crippen molar-refractivity contribution in [3.63, 3.8) is 0 Å². The van der Waals surface area contributed by atoms with Crippen LogP contribution in [0.2, 0.25) is 0 Å². The highest BCUT2D eigenvalue weighted by atomic mass is 16.7. The molecule has 0 bridgehead atoms. The SMILES string of the molecule is C[C@@H](C(N)=O)N(C(=O)c1ccc[nH]1)C1CC(=O)OC1OCc1ccccc1. The van der Waals surface area contributed by atoms with E-state index in [2.05, 4.69) is 4.98 Å². The first-order chi connectivity index (χ1) is 13.0. The fraction of sp³-hybridized carbons (Fsp3) is 0.316. The van der Waals surface area contributed by atoms with Gasteiger partial charge >= 0.3 is 5.97 Å². The van der Waals surface area contributed by atoms with Crippen LogP contribution in [-0.2, 0) is 25.7 Å². The van der Waals surface area contributed by atoms with Crippen molar-refractivity contribution in [3.8, 4) is 0 Å². The molecule has 27 heavy (non-hydrogen) atoms. The van der Waals surface area contributed by atoms with Crippen LogP contribution in [0.3, 0.4) is 0 Å². The minimum atomic E-state index is -0.988. The number of H-pyrrole nitrogens is 1. The van der Waals surface area contributed by atoms with E-state index in [1.807, 2.05) is 30.3 Å². The molecule has 2 amide bonds. The fourth-order valence-corrected chi connectivity index (χ4v) is 3.00.